The molecule has 0 spiro atoms. The van der Waals surface area contributed by atoms with Crippen LogP contribution < -0.4 is 16.4 Å². The summed E-state index contributed by atoms with van der Waals surface area (Å²) >= 11 is 3.18. The van der Waals surface area contributed by atoms with Crippen molar-refractivity contribution >= 4 is 38.3 Å². The van der Waals surface area contributed by atoms with E-state index >= 15 is 0 Å². The number of aromatic nitrogens is 3. The van der Waals surface area contributed by atoms with Gasteiger partial charge < -0.3 is 15.5 Å². The minimum Gasteiger partial charge on any atom is -0.394 e. The number of aliphatic hydroxyl groups is 2. The molecule has 0 amide bonds. The molecule has 2 aromatic heterocycles. The van der Waals surface area contributed by atoms with E-state index < -0.39 is 24.1 Å². The highest BCUT2D eigenvalue weighted by molar-refractivity contribution is 9.10. The number of pyridine rings is 1. The summed E-state index contributed by atoms with van der Waals surface area (Å²) in [5.74, 6) is -0.567. The zero-order valence-corrected chi connectivity index (χ0v) is 16.7. The van der Waals surface area contributed by atoms with Gasteiger partial charge in [-0.1, -0.05) is 15.9 Å². The van der Waals surface area contributed by atoms with Crippen molar-refractivity contribution in [3.63, 3.8) is 0 Å². The molecule has 3 aromatic rings. The number of benzene rings is 1. The molecule has 3 N–H and O–H groups in total. The van der Waals surface area contributed by atoms with Crippen molar-refractivity contribution < 1.29 is 14.6 Å². The second-order valence-electron chi connectivity index (χ2n) is 6.35. The number of aliphatic hydroxyl groups excluding tert-OH is 2. The Hall–Kier alpha value is -2.56. The molecule has 8 nitrogen and oxygen atoms in total. The molecule has 28 heavy (non-hydrogen) atoms. The summed E-state index contributed by atoms with van der Waals surface area (Å²) in [5.41, 5.74) is -0.341. The van der Waals surface area contributed by atoms with Crippen molar-refractivity contribution in [2.75, 3.05) is 11.9 Å². The molecule has 0 fully saturated rings. The Labute approximate surface area is 167 Å². The lowest BCUT2D eigenvalue weighted by Gasteiger charge is -2.17. The first kappa shape index (κ1) is 20.2. The molecule has 148 valence electrons. The van der Waals surface area contributed by atoms with Gasteiger partial charge in [0.2, 0.25) is 0 Å². The lowest BCUT2D eigenvalue weighted by Crippen LogP contribution is -2.32. The number of nitrogens with zero attached hydrogens (tertiary/aromatic N) is 3. The third-order valence-electron chi connectivity index (χ3n) is 4.39. The van der Waals surface area contributed by atoms with Gasteiger partial charge in [0.05, 0.1) is 37.0 Å². The number of fused-ring (bicyclic) bond motifs is 1. The van der Waals surface area contributed by atoms with Gasteiger partial charge in [-0.3, -0.25) is 18.7 Å². The highest BCUT2D eigenvalue weighted by atomic mass is 79.9. The van der Waals surface area contributed by atoms with Gasteiger partial charge in [0.25, 0.3) is 11.1 Å². The minimum absolute atomic E-state index is 0.0783. The molecular formula is C18H18BrFN4O4. The quantitative estimate of drug-likeness (QED) is 0.539. The summed E-state index contributed by atoms with van der Waals surface area (Å²) < 4.78 is 17.2. The highest BCUT2D eigenvalue weighted by Crippen LogP contribution is 2.27. The third kappa shape index (κ3) is 3.58. The number of nitrogens with one attached hydrogen (secondary N) is 1. The first-order chi connectivity index (χ1) is 13.2. The standard InChI is InChI=1S/C18H18BrFN4O4/c1-9-15(22-13-4-3-10(19)5-12(13)20)14-16(23(2)17(9)27)21-8-24(18(14)28)6-11(26)7-25/h3-5,8,11,22,25-26H,6-7H2,1-2H3/t11-/m0/s1. The molecule has 0 saturated heterocycles. The Bertz CT molecular complexity index is 1170. The minimum atomic E-state index is -1.15. The van der Waals surface area contributed by atoms with Crippen LogP contribution in [0.3, 0.4) is 0 Å². The number of anilines is 2. The van der Waals surface area contributed by atoms with Crippen LogP contribution in [0.2, 0.25) is 0 Å². The molecule has 10 heteroatoms. The van der Waals surface area contributed by atoms with Crippen LogP contribution in [0.4, 0.5) is 15.8 Å². The van der Waals surface area contributed by atoms with E-state index in [-0.39, 0.29) is 40.1 Å². The fourth-order valence-electron chi connectivity index (χ4n) is 2.89. The molecular weight excluding hydrogens is 435 g/mol. The van der Waals surface area contributed by atoms with Gasteiger partial charge in [0, 0.05) is 17.1 Å². The van der Waals surface area contributed by atoms with Gasteiger partial charge in [-0.05, 0) is 25.1 Å². The molecule has 0 aliphatic heterocycles. The predicted molar refractivity (Wildman–Crippen MR) is 106 cm³/mol. The second kappa shape index (κ2) is 7.82. The smallest absolute Gasteiger partial charge is 0.264 e. The monoisotopic (exact) mass is 452 g/mol. The Morgan fingerprint density at radius 1 is 1.32 bits per heavy atom. The van der Waals surface area contributed by atoms with E-state index in [1.165, 1.54) is 37.0 Å². The zero-order valence-electron chi connectivity index (χ0n) is 15.1. The third-order valence-corrected chi connectivity index (χ3v) is 4.89. The number of halogens is 2. The van der Waals surface area contributed by atoms with Gasteiger partial charge in [0.1, 0.15) is 11.2 Å². The van der Waals surface area contributed by atoms with Crippen LogP contribution in [-0.2, 0) is 13.6 Å². The Morgan fingerprint density at radius 3 is 2.68 bits per heavy atom. The van der Waals surface area contributed by atoms with Crippen molar-refractivity contribution in [1.29, 1.82) is 0 Å². The van der Waals surface area contributed by atoms with Crippen LogP contribution in [0.1, 0.15) is 5.56 Å². The van der Waals surface area contributed by atoms with Gasteiger partial charge >= 0.3 is 0 Å². The molecule has 2 heterocycles. The lowest BCUT2D eigenvalue weighted by molar-refractivity contribution is 0.0802. The van der Waals surface area contributed by atoms with Crippen LogP contribution in [0.15, 0.2) is 38.6 Å². The van der Waals surface area contributed by atoms with Crippen molar-refractivity contribution in [3.05, 3.63) is 61.1 Å². The first-order valence-corrected chi connectivity index (χ1v) is 9.13. The molecule has 0 bridgehead atoms. The first-order valence-electron chi connectivity index (χ1n) is 8.34. The van der Waals surface area contributed by atoms with Crippen LogP contribution in [0.25, 0.3) is 11.0 Å². The summed E-state index contributed by atoms with van der Waals surface area (Å²) in [7, 11) is 1.49. The van der Waals surface area contributed by atoms with E-state index in [1.807, 2.05) is 0 Å². The predicted octanol–water partition coefficient (Wildman–Crippen LogP) is 1.40. The van der Waals surface area contributed by atoms with Gasteiger partial charge in [-0.25, -0.2) is 9.37 Å². The van der Waals surface area contributed by atoms with E-state index in [0.29, 0.717) is 4.47 Å². The van der Waals surface area contributed by atoms with Crippen molar-refractivity contribution in [1.82, 2.24) is 14.1 Å². The van der Waals surface area contributed by atoms with E-state index in [1.54, 1.807) is 6.07 Å². The van der Waals surface area contributed by atoms with Crippen LogP contribution in [0, 0.1) is 12.7 Å². The van der Waals surface area contributed by atoms with E-state index in [0.717, 1.165) is 4.57 Å². The lowest BCUT2D eigenvalue weighted by atomic mass is 10.1. The van der Waals surface area contributed by atoms with Crippen molar-refractivity contribution in [2.45, 2.75) is 19.6 Å². The fraction of sp³-hybridized carbons (Fsp3) is 0.278. The normalized spacial score (nSPS) is 12.4. The summed E-state index contributed by atoms with van der Waals surface area (Å²) in [6.45, 7) is 0.832. The maximum Gasteiger partial charge on any atom is 0.264 e. The second-order valence-corrected chi connectivity index (χ2v) is 7.27. The summed E-state index contributed by atoms with van der Waals surface area (Å²) in [6.07, 6.45) is 0.0494. The molecule has 0 radical (unpaired) electrons. The van der Waals surface area contributed by atoms with Crippen molar-refractivity contribution in [2.24, 2.45) is 7.05 Å². The van der Waals surface area contributed by atoms with E-state index in [2.05, 4.69) is 26.2 Å². The molecule has 0 aliphatic carbocycles. The average molecular weight is 453 g/mol. The number of rotatable bonds is 5. The van der Waals surface area contributed by atoms with E-state index in [9.17, 15) is 19.1 Å². The maximum atomic E-state index is 14.3. The topological polar surface area (TPSA) is 109 Å². The molecule has 3 rings (SSSR count). The van der Waals surface area contributed by atoms with Crippen LogP contribution in [-0.4, -0.2) is 37.0 Å². The average Bonchev–Trinajstić information content (AvgIpc) is 2.66. The van der Waals surface area contributed by atoms with Crippen LogP contribution >= 0.6 is 15.9 Å². The van der Waals surface area contributed by atoms with E-state index in [4.69, 9.17) is 5.11 Å². The summed E-state index contributed by atoms with van der Waals surface area (Å²) in [5, 5.41) is 21.6. The fourth-order valence-corrected chi connectivity index (χ4v) is 3.23. The Balaban J connectivity index is 2.29. The SMILES string of the molecule is Cc1c(Nc2ccc(Br)cc2F)c2c(=O)n(C[C@H](O)CO)cnc2n(C)c1=O. The molecule has 0 unspecified atom stereocenters. The molecule has 1 atom stereocenters. The molecule has 1 aromatic carbocycles. The highest BCUT2D eigenvalue weighted by Gasteiger charge is 2.19. The Kier molecular flexibility index (Phi) is 5.64. The maximum absolute atomic E-state index is 14.3. The number of hydrogen-bond donors (Lipinski definition) is 3. The Morgan fingerprint density at radius 2 is 2.04 bits per heavy atom. The number of aryl methyl sites for hydroxylation is 1. The summed E-state index contributed by atoms with van der Waals surface area (Å²) in [4.78, 5) is 29.7. The zero-order chi connectivity index (χ0) is 20.6. The molecule has 0 aliphatic rings. The molecule has 0 saturated carbocycles. The van der Waals surface area contributed by atoms with Crippen LogP contribution in [0.5, 0.6) is 0 Å². The van der Waals surface area contributed by atoms with Crippen molar-refractivity contribution in [3.8, 4) is 0 Å². The van der Waals surface area contributed by atoms with Gasteiger partial charge in [-0.15, -0.1) is 0 Å². The summed E-state index contributed by atoms with van der Waals surface area (Å²) in [6, 6.07) is 4.36. The van der Waals surface area contributed by atoms with Gasteiger partial charge in [-0.2, -0.15) is 0 Å². The number of hydrogen-bond acceptors (Lipinski definition) is 6. The van der Waals surface area contributed by atoms with Gasteiger partial charge in [0.15, 0.2) is 5.65 Å². The largest absolute Gasteiger partial charge is 0.394 e.